The fourth-order valence-electron chi connectivity index (χ4n) is 0.760. The van der Waals surface area contributed by atoms with Gasteiger partial charge in [0.05, 0.1) is 0 Å². The maximum absolute atomic E-state index is 3.25. The Balaban J connectivity index is 0.000000187. The first-order valence-electron chi connectivity index (χ1n) is 3.47. The zero-order valence-electron chi connectivity index (χ0n) is 5.97. The third kappa shape index (κ3) is 7.48. The molecule has 1 radical (unpaired) electrons. The SMILES string of the molecule is C1=CCCCC1.[CH2]C=C. The zero-order chi connectivity index (χ0) is 6.95. The molecule has 0 N–H and O–H groups in total. The molecule has 0 saturated heterocycles. The topological polar surface area (TPSA) is 0 Å². The van der Waals surface area contributed by atoms with Gasteiger partial charge >= 0.3 is 0 Å². The Bertz CT molecular complexity index is 72.0. The lowest BCUT2D eigenvalue weighted by atomic mass is 10.1. The van der Waals surface area contributed by atoms with Crippen molar-refractivity contribution in [2.75, 3.05) is 0 Å². The van der Waals surface area contributed by atoms with Gasteiger partial charge in [0.2, 0.25) is 0 Å². The van der Waals surface area contributed by atoms with Crippen molar-refractivity contribution in [3.05, 3.63) is 31.7 Å². The standard InChI is InChI=1S/C6H10.C3H5/c1-2-4-6-5-3-1;1-3-2/h1-2H,3-6H2;3H,1-2H2. The van der Waals surface area contributed by atoms with Gasteiger partial charge in [-0.05, 0) is 32.6 Å². The molecule has 0 aliphatic heterocycles. The van der Waals surface area contributed by atoms with Crippen LogP contribution in [0.2, 0.25) is 0 Å². The van der Waals surface area contributed by atoms with E-state index in [4.69, 9.17) is 0 Å². The Morgan fingerprint density at radius 3 is 1.56 bits per heavy atom. The molecule has 9 heavy (non-hydrogen) atoms. The minimum atomic E-state index is 1.32. The van der Waals surface area contributed by atoms with Crippen LogP contribution in [0.4, 0.5) is 0 Å². The summed E-state index contributed by atoms with van der Waals surface area (Å²) in [6, 6.07) is 0. The first-order chi connectivity index (χ1) is 4.41. The Labute approximate surface area is 58.3 Å². The van der Waals surface area contributed by atoms with Crippen LogP contribution < -0.4 is 0 Å². The van der Waals surface area contributed by atoms with Gasteiger partial charge in [0, 0.05) is 0 Å². The Morgan fingerprint density at radius 1 is 1.11 bits per heavy atom. The fraction of sp³-hybridized carbons (Fsp3) is 0.444. The summed E-state index contributed by atoms with van der Waals surface area (Å²) in [5, 5.41) is 0. The van der Waals surface area contributed by atoms with Crippen molar-refractivity contribution < 1.29 is 0 Å². The highest BCUT2D eigenvalue weighted by molar-refractivity contribution is 4.85. The Morgan fingerprint density at radius 2 is 1.44 bits per heavy atom. The van der Waals surface area contributed by atoms with Gasteiger partial charge in [-0.2, -0.15) is 0 Å². The summed E-state index contributed by atoms with van der Waals surface area (Å²) >= 11 is 0. The second kappa shape index (κ2) is 7.48. The number of allylic oxidation sites excluding steroid dienone is 3. The van der Waals surface area contributed by atoms with Gasteiger partial charge in [-0.25, -0.2) is 0 Å². The molecule has 51 valence electrons. The van der Waals surface area contributed by atoms with Crippen molar-refractivity contribution in [1.29, 1.82) is 0 Å². The molecule has 0 unspecified atom stereocenters. The molecule has 1 aliphatic carbocycles. The Kier molecular flexibility index (Phi) is 7.05. The summed E-state index contributed by atoms with van der Waals surface area (Å²) in [7, 11) is 0. The van der Waals surface area contributed by atoms with E-state index in [1.54, 1.807) is 0 Å². The van der Waals surface area contributed by atoms with Gasteiger partial charge in [-0.3, -0.25) is 0 Å². The minimum absolute atomic E-state index is 1.32. The van der Waals surface area contributed by atoms with Gasteiger partial charge in [0.1, 0.15) is 0 Å². The summed E-state index contributed by atoms with van der Waals surface area (Å²) in [6.07, 6.45) is 11.5. The first kappa shape index (κ1) is 8.48. The molecular formula is C9H15. The average molecular weight is 123 g/mol. The normalized spacial score (nSPS) is 15.7. The summed E-state index contributed by atoms with van der Waals surface area (Å²) in [5.41, 5.74) is 0. The van der Waals surface area contributed by atoms with E-state index in [0.717, 1.165) is 0 Å². The molecule has 0 spiro atoms. The second-order valence-corrected chi connectivity index (χ2v) is 2.04. The summed E-state index contributed by atoms with van der Waals surface area (Å²) in [5.74, 6) is 0. The minimum Gasteiger partial charge on any atom is -0.103 e. The molecule has 0 nitrogen and oxygen atoms in total. The summed E-state index contributed by atoms with van der Waals surface area (Å²) < 4.78 is 0. The monoisotopic (exact) mass is 123 g/mol. The molecule has 0 saturated carbocycles. The third-order valence-electron chi connectivity index (χ3n) is 1.16. The van der Waals surface area contributed by atoms with Crippen molar-refractivity contribution in [2.45, 2.75) is 25.7 Å². The van der Waals surface area contributed by atoms with E-state index in [9.17, 15) is 0 Å². The van der Waals surface area contributed by atoms with E-state index in [2.05, 4.69) is 25.7 Å². The quantitative estimate of drug-likeness (QED) is 0.434. The van der Waals surface area contributed by atoms with Crippen LogP contribution >= 0.6 is 0 Å². The van der Waals surface area contributed by atoms with Crippen LogP contribution in [-0.4, -0.2) is 0 Å². The molecule has 1 aliphatic rings. The van der Waals surface area contributed by atoms with Crippen LogP contribution in [0.15, 0.2) is 24.8 Å². The van der Waals surface area contributed by atoms with E-state index in [1.165, 1.54) is 31.8 Å². The van der Waals surface area contributed by atoms with Crippen LogP contribution in [-0.2, 0) is 0 Å². The number of hydrogen-bond donors (Lipinski definition) is 0. The van der Waals surface area contributed by atoms with Crippen LogP contribution in [0, 0.1) is 6.92 Å². The predicted molar refractivity (Wildman–Crippen MR) is 43.2 cm³/mol. The molecule has 0 aromatic heterocycles. The first-order valence-corrected chi connectivity index (χ1v) is 3.47. The largest absolute Gasteiger partial charge is 0.103 e. The van der Waals surface area contributed by atoms with Crippen LogP contribution in [0.1, 0.15) is 25.7 Å². The van der Waals surface area contributed by atoms with Crippen LogP contribution in [0.25, 0.3) is 0 Å². The number of hydrogen-bond acceptors (Lipinski definition) is 0. The number of rotatable bonds is 0. The smallest absolute Gasteiger partial charge is 0.0319 e. The highest BCUT2D eigenvalue weighted by atomic mass is 13.9. The third-order valence-corrected chi connectivity index (χ3v) is 1.16. The molecule has 0 heteroatoms. The molecule has 0 aromatic carbocycles. The molecule has 0 fully saturated rings. The molecular weight excluding hydrogens is 108 g/mol. The van der Waals surface area contributed by atoms with Gasteiger partial charge in [-0.15, -0.1) is 6.58 Å². The van der Waals surface area contributed by atoms with Gasteiger partial charge in [0.25, 0.3) is 0 Å². The van der Waals surface area contributed by atoms with E-state index in [1.807, 2.05) is 0 Å². The highest BCUT2D eigenvalue weighted by Gasteiger charge is 1.87. The molecule has 0 aromatic rings. The van der Waals surface area contributed by atoms with Gasteiger partial charge in [0.15, 0.2) is 0 Å². The maximum Gasteiger partial charge on any atom is -0.0319 e. The van der Waals surface area contributed by atoms with Crippen molar-refractivity contribution in [3.8, 4) is 0 Å². The molecule has 0 heterocycles. The average Bonchev–Trinajstić information content (AvgIpc) is 1.93. The van der Waals surface area contributed by atoms with Crippen molar-refractivity contribution in [3.63, 3.8) is 0 Å². The van der Waals surface area contributed by atoms with Crippen molar-refractivity contribution in [1.82, 2.24) is 0 Å². The van der Waals surface area contributed by atoms with Crippen molar-refractivity contribution in [2.24, 2.45) is 0 Å². The summed E-state index contributed by atoms with van der Waals surface area (Å²) in [6.45, 7) is 6.50. The second-order valence-electron chi connectivity index (χ2n) is 2.04. The van der Waals surface area contributed by atoms with Crippen LogP contribution in [0.5, 0.6) is 0 Å². The van der Waals surface area contributed by atoms with E-state index >= 15 is 0 Å². The lowest BCUT2D eigenvalue weighted by Crippen LogP contribution is -1.77. The predicted octanol–water partition coefficient (Wildman–Crippen LogP) is 3.12. The summed E-state index contributed by atoms with van der Waals surface area (Å²) in [4.78, 5) is 0. The molecule has 1 rings (SSSR count). The van der Waals surface area contributed by atoms with Crippen LogP contribution in [0.3, 0.4) is 0 Å². The maximum atomic E-state index is 3.25. The lowest BCUT2D eigenvalue weighted by molar-refractivity contribution is 0.730. The zero-order valence-corrected chi connectivity index (χ0v) is 5.97. The van der Waals surface area contributed by atoms with E-state index < -0.39 is 0 Å². The van der Waals surface area contributed by atoms with E-state index in [-0.39, 0.29) is 0 Å². The highest BCUT2D eigenvalue weighted by Crippen LogP contribution is 2.07. The molecule has 0 amide bonds. The van der Waals surface area contributed by atoms with Gasteiger partial charge in [-0.1, -0.05) is 18.2 Å². The molecule has 0 atom stereocenters. The lowest BCUT2D eigenvalue weighted by Gasteiger charge is -1.97. The van der Waals surface area contributed by atoms with E-state index in [0.29, 0.717) is 0 Å². The van der Waals surface area contributed by atoms with Crippen molar-refractivity contribution >= 4 is 0 Å². The van der Waals surface area contributed by atoms with Gasteiger partial charge < -0.3 is 0 Å². The molecule has 0 bridgehead atoms. The fourth-order valence-corrected chi connectivity index (χ4v) is 0.760. The Hall–Kier alpha value is -0.520.